The summed E-state index contributed by atoms with van der Waals surface area (Å²) in [4.78, 5) is 27.8. The summed E-state index contributed by atoms with van der Waals surface area (Å²) in [5.41, 5.74) is 1.45. The molecule has 3 rings (SSSR count). The number of carbonyl (C=O) groups is 2. The maximum Gasteiger partial charge on any atom is 0.239 e. The van der Waals surface area contributed by atoms with Gasteiger partial charge in [0, 0.05) is 30.2 Å². The Kier molecular flexibility index (Phi) is 6.18. The second kappa shape index (κ2) is 8.78. The zero-order valence-corrected chi connectivity index (χ0v) is 16.9. The molecule has 1 heterocycles. The number of nitrogens with zero attached hydrogens (tertiary/aromatic N) is 2. The van der Waals surface area contributed by atoms with Crippen LogP contribution >= 0.6 is 0 Å². The van der Waals surface area contributed by atoms with E-state index in [0.717, 1.165) is 18.8 Å². The van der Waals surface area contributed by atoms with Crippen LogP contribution < -0.4 is 15.5 Å². The van der Waals surface area contributed by atoms with Crippen molar-refractivity contribution in [1.29, 1.82) is 5.26 Å². The van der Waals surface area contributed by atoms with Crippen LogP contribution in [0.15, 0.2) is 48.5 Å². The summed E-state index contributed by atoms with van der Waals surface area (Å²) in [6.07, 6.45) is 3.70. The van der Waals surface area contributed by atoms with Gasteiger partial charge in [-0.1, -0.05) is 6.07 Å². The Morgan fingerprint density at radius 2 is 1.55 bits per heavy atom. The molecular formula is C23H26N4O2. The van der Waals surface area contributed by atoms with Crippen molar-refractivity contribution in [2.24, 2.45) is 5.41 Å². The largest absolute Gasteiger partial charge is 0.372 e. The Labute approximate surface area is 171 Å². The van der Waals surface area contributed by atoms with Gasteiger partial charge in [0.25, 0.3) is 0 Å². The normalized spacial score (nSPS) is 14.0. The summed E-state index contributed by atoms with van der Waals surface area (Å²) in [7, 11) is 0. The number of nitriles is 1. The average molecular weight is 390 g/mol. The smallest absolute Gasteiger partial charge is 0.239 e. The summed E-state index contributed by atoms with van der Waals surface area (Å²) in [6.45, 7) is 5.28. The van der Waals surface area contributed by atoms with Gasteiger partial charge in [0.1, 0.15) is 5.41 Å². The highest BCUT2D eigenvalue weighted by Crippen LogP contribution is 2.25. The SMILES string of the molecule is CC(C)(C(=O)Nc1ccc(N2CCCCC2)cc1)C(=O)Nc1cccc(C#N)c1. The summed E-state index contributed by atoms with van der Waals surface area (Å²) in [5.74, 6) is -0.827. The molecule has 2 aromatic rings. The molecule has 6 heteroatoms. The molecule has 0 bridgehead atoms. The fourth-order valence-corrected chi connectivity index (χ4v) is 3.25. The van der Waals surface area contributed by atoms with Gasteiger partial charge in [-0.25, -0.2) is 0 Å². The second-order valence-corrected chi connectivity index (χ2v) is 7.82. The topological polar surface area (TPSA) is 85.2 Å². The van der Waals surface area contributed by atoms with E-state index in [4.69, 9.17) is 5.26 Å². The standard InChI is InChI=1S/C23H26N4O2/c1-23(2,22(29)26-19-8-6-7-17(15-19)16-24)21(28)25-18-9-11-20(12-10-18)27-13-4-3-5-14-27/h6-12,15H,3-5,13-14H2,1-2H3,(H,25,28)(H,26,29). The Morgan fingerprint density at radius 1 is 0.931 bits per heavy atom. The van der Waals surface area contributed by atoms with Crippen LogP contribution in [0.4, 0.5) is 17.1 Å². The van der Waals surface area contributed by atoms with E-state index in [-0.39, 0.29) is 0 Å². The van der Waals surface area contributed by atoms with E-state index in [1.807, 2.05) is 30.3 Å². The molecule has 0 atom stereocenters. The van der Waals surface area contributed by atoms with Gasteiger partial charge in [-0.05, 0) is 75.6 Å². The monoisotopic (exact) mass is 390 g/mol. The molecule has 0 unspecified atom stereocenters. The number of anilines is 3. The van der Waals surface area contributed by atoms with Crippen molar-refractivity contribution in [1.82, 2.24) is 0 Å². The first-order valence-corrected chi connectivity index (χ1v) is 9.88. The molecular weight excluding hydrogens is 364 g/mol. The zero-order valence-electron chi connectivity index (χ0n) is 16.9. The van der Waals surface area contributed by atoms with E-state index in [1.54, 1.807) is 38.1 Å². The Morgan fingerprint density at radius 3 is 2.17 bits per heavy atom. The molecule has 2 aromatic carbocycles. The third kappa shape index (κ3) is 4.94. The highest BCUT2D eigenvalue weighted by molar-refractivity contribution is 6.14. The number of hydrogen-bond acceptors (Lipinski definition) is 4. The van der Waals surface area contributed by atoms with Crippen LogP contribution in [0.5, 0.6) is 0 Å². The van der Waals surface area contributed by atoms with Gasteiger partial charge in [-0.2, -0.15) is 5.26 Å². The molecule has 0 aromatic heterocycles. The third-order valence-electron chi connectivity index (χ3n) is 5.23. The first-order valence-electron chi connectivity index (χ1n) is 9.88. The fraction of sp³-hybridized carbons (Fsp3) is 0.348. The lowest BCUT2D eigenvalue weighted by molar-refractivity contribution is -0.135. The Bertz CT molecular complexity index is 923. The summed E-state index contributed by atoms with van der Waals surface area (Å²) in [6, 6.07) is 16.4. The summed E-state index contributed by atoms with van der Waals surface area (Å²) in [5, 5.41) is 14.5. The number of piperidine rings is 1. The first-order chi connectivity index (χ1) is 13.9. The van der Waals surface area contributed by atoms with Gasteiger partial charge in [0.2, 0.25) is 11.8 Å². The molecule has 1 saturated heterocycles. The van der Waals surface area contributed by atoms with Crippen molar-refractivity contribution in [3.8, 4) is 6.07 Å². The van der Waals surface area contributed by atoms with E-state index < -0.39 is 17.2 Å². The molecule has 2 amide bonds. The van der Waals surface area contributed by atoms with Crippen LogP contribution in [0.2, 0.25) is 0 Å². The maximum absolute atomic E-state index is 12.7. The summed E-state index contributed by atoms with van der Waals surface area (Å²) < 4.78 is 0. The number of amides is 2. The highest BCUT2D eigenvalue weighted by Gasteiger charge is 2.36. The van der Waals surface area contributed by atoms with E-state index in [0.29, 0.717) is 16.9 Å². The van der Waals surface area contributed by atoms with Crippen LogP contribution in [0.3, 0.4) is 0 Å². The van der Waals surface area contributed by atoms with E-state index in [1.165, 1.54) is 19.3 Å². The number of rotatable bonds is 5. The van der Waals surface area contributed by atoms with Gasteiger partial charge in [0.15, 0.2) is 0 Å². The van der Waals surface area contributed by atoms with Crippen molar-refractivity contribution in [2.45, 2.75) is 33.1 Å². The number of hydrogen-bond donors (Lipinski definition) is 2. The molecule has 6 nitrogen and oxygen atoms in total. The number of benzene rings is 2. The van der Waals surface area contributed by atoms with Gasteiger partial charge >= 0.3 is 0 Å². The van der Waals surface area contributed by atoms with Crippen molar-refractivity contribution >= 4 is 28.9 Å². The molecule has 1 fully saturated rings. The lowest BCUT2D eigenvalue weighted by Crippen LogP contribution is -2.41. The van der Waals surface area contributed by atoms with Gasteiger partial charge in [-0.15, -0.1) is 0 Å². The predicted molar refractivity (Wildman–Crippen MR) is 115 cm³/mol. The highest BCUT2D eigenvalue weighted by atomic mass is 16.2. The molecule has 0 radical (unpaired) electrons. The number of nitrogens with one attached hydrogen (secondary N) is 2. The maximum atomic E-state index is 12.7. The minimum Gasteiger partial charge on any atom is -0.372 e. The van der Waals surface area contributed by atoms with Crippen LogP contribution in [0, 0.1) is 16.7 Å². The molecule has 1 aliphatic rings. The predicted octanol–water partition coefficient (Wildman–Crippen LogP) is 4.15. The first kappa shape index (κ1) is 20.4. The van der Waals surface area contributed by atoms with Crippen molar-refractivity contribution in [2.75, 3.05) is 28.6 Å². The third-order valence-corrected chi connectivity index (χ3v) is 5.23. The van der Waals surface area contributed by atoms with Crippen molar-refractivity contribution < 1.29 is 9.59 Å². The van der Waals surface area contributed by atoms with Crippen LogP contribution in [-0.4, -0.2) is 24.9 Å². The fourth-order valence-electron chi connectivity index (χ4n) is 3.25. The minimum atomic E-state index is -1.28. The molecule has 1 aliphatic heterocycles. The van der Waals surface area contributed by atoms with Crippen LogP contribution in [0.1, 0.15) is 38.7 Å². The molecule has 2 N–H and O–H groups in total. The minimum absolute atomic E-state index is 0.392. The van der Waals surface area contributed by atoms with E-state index >= 15 is 0 Å². The van der Waals surface area contributed by atoms with E-state index in [2.05, 4.69) is 15.5 Å². The lowest BCUT2D eigenvalue weighted by atomic mass is 9.90. The number of carbonyl (C=O) groups excluding carboxylic acids is 2. The molecule has 0 spiro atoms. The van der Waals surface area contributed by atoms with Gasteiger partial charge in [0.05, 0.1) is 11.6 Å². The second-order valence-electron chi connectivity index (χ2n) is 7.82. The van der Waals surface area contributed by atoms with Crippen LogP contribution in [-0.2, 0) is 9.59 Å². The average Bonchev–Trinajstić information content (AvgIpc) is 2.75. The van der Waals surface area contributed by atoms with E-state index in [9.17, 15) is 9.59 Å². The Balaban J connectivity index is 1.63. The summed E-state index contributed by atoms with van der Waals surface area (Å²) >= 11 is 0. The molecule has 0 aliphatic carbocycles. The van der Waals surface area contributed by atoms with Crippen molar-refractivity contribution in [3.05, 3.63) is 54.1 Å². The van der Waals surface area contributed by atoms with Crippen molar-refractivity contribution in [3.63, 3.8) is 0 Å². The van der Waals surface area contributed by atoms with Crippen LogP contribution in [0.25, 0.3) is 0 Å². The van der Waals surface area contributed by atoms with Gasteiger partial charge < -0.3 is 15.5 Å². The molecule has 0 saturated carbocycles. The Hall–Kier alpha value is -3.33. The molecule has 150 valence electrons. The zero-order chi connectivity index (χ0) is 20.9. The van der Waals surface area contributed by atoms with Gasteiger partial charge in [-0.3, -0.25) is 9.59 Å². The molecule has 29 heavy (non-hydrogen) atoms. The lowest BCUT2D eigenvalue weighted by Gasteiger charge is -2.29. The quantitative estimate of drug-likeness (QED) is 0.751.